The summed E-state index contributed by atoms with van der Waals surface area (Å²) in [6, 6.07) is 8.14. The molecule has 0 unspecified atom stereocenters. The Hall–Kier alpha value is -2.56. The van der Waals surface area contributed by atoms with Gasteiger partial charge in [0.15, 0.2) is 11.5 Å². The normalized spacial score (nSPS) is 13.9. The van der Waals surface area contributed by atoms with E-state index < -0.39 is 5.97 Å². The van der Waals surface area contributed by atoms with Crippen molar-refractivity contribution in [3.05, 3.63) is 59.2 Å². The fraction of sp³-hybridized carbons (Fsp3) is 0.250. The van der Waals surface area contributed by atoms with Gasteiger partial charge >= 0.3 is 5.97 Å². The van der Waals surface area contributed by atoms with Crippen LogP contribution >= 0.6 is 0 Å². The van der Waals surface area contributed by atoms with Crippen LogP contribution in [0.1, 0.15) is 38.5 Å². The summed E-state index contributed by atoms with van der Waals surface area (Å²) in [5.41, 5.74) is 2.24. The van der Waals surface area contributed by atoms with Crippen molar-refractivity contribution in [1.29, 1.82) is 0 Å². The molecular formula is C16H14N2O3. The van der Waals surface area contributed by atoms with Crippen molar-refractivity contribution in [2.75, 3.05) is 0 Å². The molecular weight excluding hydrogens is 268 g/mol. The molecule has 0 saturated heterocycles. The summed E-state index contributed by atoms with van der Waals surface area (Å²) < 4.78 is 0. The Morgan fingerprint density at radius 3 is 2.19 bits per heavy atom. The number of hydrogen-bond acceptors (Lipinski definition) is 4. The number of nitrogens with zero attached hydrogens (tertiary/aromatic N) is 2. The largest absolute Gasteiger partial charge is 0.476 e. The Balaban J connectivity index is 1.76. The Labute approximate surface area is 121 Å². The number of carboxylic acid groups (broad SMARTS) is 1. The molecule has 0 spiro atoms. The zero-order valence-electron chi connectivity index (χ0n) is 11.3. The van der Waals surface area contributed by atoms with Crippen molar-refractivity contribution in [2.24, 2.45) is 5.92 Å². The van der Waals surface area contributed by atoms with Gasteiger partial charge in [-0.15, -0.1) is 0 Å². The number of hydrogen-bond donors (Lipinski definition) is 1. The number of aromatic nitrogens is 2. The second kappa shape index (κ2) is 5.44. The molecule has 1 aromatic carbocycles. The maximum Gasteiger partial charge on any atom is 0.356 e. The van der Waals surface area contributed by atoms with Crippen LogP contribution in [0.3, 0.4) is 0 Å². The number of rotatable bonds is 4. The highest BCUT2D eigenvalue weighted by atomic mass is 16.4. The van der Waals surface area contributed by atoms with Gasteiger partial charge in [0.2, 0.25) is 0 Å². The third-order valence-electron chi connectivity index (χ3n) is 3.77. The van der Waals surface area contributed by atoms with Crippen molar-refractivity contribution in [2.45, 2.75) is 19.3 Å². The second-order valence-electron chi connectivity index (χ2n) is 5.23. The molecule has 106 valence electrons. The van der Waals surface area contributed by atoms with E-state index in [0.29, 0.717) is 6.42 Å². The number of carboxylic acids is 1. The molecule has 0 bridgehead atoms. The summed E-state index contributed by atoms with van der Waals surface area (Å²) in [5.74, 6) is -1.27. The molecule has 1 N–H and O–H groups in total. The van der Waals surface area contributed by atoms with Gasteiger partial charge in [0.1, 0.15) is 5.69 Å². The van der Waals surface area contributed by atoms with Crippen LogP contribution in [-0.2, 0) is 12.8 Å². The molecule has 1 aromatic heterocycles. The van der Waals surface area contributed by atoms with Gasteiger partial charge in [0.25, 0.3) is 0 Å². The van der Waals surface area contributed by atoms with Crippen molar-refractivity contribution >= 4 is 11.8 Å². The highest BCUT2D eigenvalue weighted by Gasteiger charge is 2.26. The zero-order valence-corrected chi connectivity index (χ0v) is 11.3. The van der Waals surface area contributed by atoms with Gasteiger partial charge in [-0.25, -0.2) is 14.8 Å². The summed E-state index contributed by atoms with van der Waals surface area (Å²) in [7, 11) is 0. The van der Waals surface area contributed by atoms with Crippen LogP contribution in [0.15, 0.2) is 36.7 Å². The summed E-state index contributed by atoms with van der Waals surface area (Å²) in [5, 5.41) is 9.06. The second-order valence-corrected chi connectivity index (χ2v) is 5.23. The maximum atomic E-state index is 12.3. The van der Waals surface area contributed by atoms with Crippen molar-refractivity contribution < 1.29 is 14.7 Å². The molecule has 1 heterocycles. The van der Waals surface area contributed by atoms with E-state index >= 15 is 0 Å². The number of carbonyl (C=O) groups excluding carboxylic acids is 1. The van der Waals surface area contributed by atoms with Crippen LogP contribution in [0.5, 0.6) is 0 Å². The predicted molar refractivity (Wildman–Crippen MR) is 75.3 cm³/mol. The van der Waals surface area contributed by atoms with E-state index in [1.807, 2.05) is 12.1 Å². The number of Topliss-reactive ketones (excluding diaryl/α,β-unsaturated/α-hetero) is 1. The SMILES string of the molecule is O=C(O)c1nccnc1C(=O)CC1Cc2ccccc2C1. The molecule has 0 fully saturated rings. The summed E-state index contributed by atoms with van der Waals surface area (Å²) >= 11 is 0. The first-order chi connectivity index (χ1) is 10.1. The van der Waals surface area contributed by atoms with Crippen LogP contribution in [0.25, 0.3) is 0 Å². The molecule has 0 amide bonds. The summed E-state index contributed by atoms with van der Waals surface area (Å²) in [4.78, 5) is 31.0. The monoisotopic (exact) mass is 282 g/mol. The van der Waals surface area contributed by atoms with E-state index in [9.17, 15) is 9.59 Å². The van der Waals surface area contributed by atoms with Crippen LogP contribution in [-0.4, -0.2) is 26.8 Å². The molecule has 0 aliphatic heterocycles. The maximum absolute atomic E-state index is 12.3. The number of aromatic carboxylic acids is 1. The van der Waals surface area contributed by atoms with Gasteiger partial charge in [-0.3, -0.25) is 4.79 Å². The standard InChI is InChI=1S/C16H14N2O3/c19-13(14-15(16(20)21)18-6-5-17-14)9-10-7-11-3-1-2-4-12(11)8-10/h1-6,10H,7-9H2,(H,20,21). The van der Waals surface area contributed by atoms with Crippen molar-refractivity contribution in [3.63, 3.8) is 0 Å². The lowest BCUT2D eigenvalue weighted by Crippen LogP contribution is -2.16. The molecule has 5 nitrogen and oxygen atoms in total. The first-order valence-corrected chi connectivity index (χ1v) is 6.79. The Kier molecular flexibility index (Phi) is 3.48. The fourth-order valence-corrected chi connectivity index (χ4v) is 2.85. The average molecular weight is 282 g/mol. The van der Waals surface area contributed by atoms with Crippen molar-refractivity contribution in [3.8, 4) is 0 Å². The number of fused-ring (bicyclic) bond motifs is 1. The molecule has 1 aliphatic rings. The topological polar surface area (TPSA) is 80.2 Å². The van der Waals surface area contributed by atoms with Gasteiger partial charge in [-0.2, -0.15) is 0 Å². The molecule has 2 aromatic rings. The molecule has 3 rings (SSSR count). The smallest absolute Gasteiger partial charge is 0.356 e. The highest BCUT2D eigenvalue weighted by Crippen LogP contribution is 2.29. The van der Waals surface area contributed by atoms with Crippen molar-refractivity contribution in [1.82, 2.24) is 9.97 Å². The fourth-order valence-electron chi connectivity index (χ4n) is 2.85. The lowest BCUT2D eigenvalue weighted by molar-refractivity contribution is 0.0683. The van der Waals surface area contributed by atoms with E-state index in [4.69, 9.17) is 5.11 Å². The lowest BCUT2D eigenvalue weighted by Gasteiger charge is -2.08. The molecule has 0 radical (unpaired) electrons. The first kappa shape index (κ1) is 13.4. The van der Waals surface area contributed by atoms with E-state index in [1.165, 1.54) is 23.5 Å². The third-order valence-corrected chi connectivity index (χ3v) is 3.77. The van der Waals surface area contributed by atoms with Gasteiger partial charge < -0.3 is 5.11 Å². The quantitative estimate of drug-likeness (QED) is 0.869. The van der Waals surface area contributed by atoms with Gasteiger partial charge in [-0.05, 0) is 29.9 Å². The lowest BCUT2D eigenvalue weighted by atomic mass is 9.97. The Morgan fingerprint density at radius 1 is 1.05 bits per heavy atom. The molecule has 21 heavy (non-hydrogen) atoms. The third kappa shape index (κ3) is 2.67. The van der Waals surface area contributed by atoms with Gasteiger partial charge in [0, 0.05) is 18.8 Å². The minimum absolute atomic E-state index is 0.0408. The predicted octanol–water partition coefficient (Wildman–Crippen LogP) is 2.16. The van der Waals surface area contributed by atoms with E-state index in [2.05, 4.69) is 22.1 Å². The first-order valence-electron chi connectivity index (χ1n) is 6.79. The minimum atomic E-state index is -1.22. The van der Waals surface area contributed by atoms with Crippen LogP contribution < -0.4 is 0 Å². The van der Waals surface area contributed by atoms with Crippen LogP contribution in [0.4, 0.5) is 0 Å². The summed E-state index contributed by atoms with van der Waals surface area (Å²) in [6.45, 7) is 0. The average Bonchev–Trinajstić information content (AvgIpc) is 2.89. The Morgan fingerprint density at radius 2 is 1.62 bits per heavy atom. The number of benzene rings is 1. The van der Waals surface area contributed by atoms with Crippen LogP contribution in [0.2, 0.25) is 0 Å². The van der Waals surface area contributed by atoms with Crippen LogP contribution in [0, 0.1) is 5.92 Å². The highest BCUT2D eigenvalue weighted by molar-refractivity contribution is 6.03. The molecule has 1 aliphatic carbocycles. The van der Waals surface area contributed by atoms with E-state index in [-0.39, 0.29) is 23.1 Å². The zero-order chi connectivity index (χ0) is 14.8. The number of ketones is 1. The molecule has 0 saturated carbocycles. The van der Waals surface area contributed by atoms with E-state index in [1.54, 1.807) is 0 Å². The number of carbonyl (C=O) groups is 2. The Bertz CT molecular complexity index is 687. The molecule has 0 atom stereocenters. The minimum Gasteiger partial charge on any atom is -0.476 e. The van der Waals surface area contributed by atoms with E-state index in [0.717, 1.165) is 12.8 Å². The summed E-state index contributed by atoms with van der Waals surface area (Å²) in [6.07, 6.45) is 4.64. The van der Waals surface area contributed by atoms with Gasteiger partial charge in [0.05, 0.1) is 0 Å². The molecule has 5 heteroatoms. The van der Waals surface area contributed by atoms with Gasteiger partial charge in [-0.1, -0.05) is 24.3 Å².